The third-order valence-electron chi connectivity index (χ3n) is 4.51. The van der Waals surface area contributed by atoms with Gasteiger partial charge in [0.15, 0.2) is 11.6 Å². The van der Waals surface area contributed by atoms with Crippen LogP contribution in [0, 0.1) is 17.5 Å². The Labute approximate surface area is 154 Å². The average molecular weight is 376 g/mol. The van der Waals surface area contributed by atoms with Crippen LogP contribution in [-0.4, -0.2) is 22.8 Å². The Morgan fingerprint density at radius 3 is 2.04 bits per heavy atom. The fourth-order valence-electron chi connectivity index (χ4n) is 3.06. The highest BCUT2D eigenvalue weighted by molar-refractivity contribution is 5.20. The number of hydrogen-bond donors (Lipinski definition) is 2. The lowest BCUT2D eigenvalue weighted by molar-refractivity contribution is -0.257. The van der Waals surface area contributed by atoms with Gasteiger partial charge in [0.25, 0.3) is 6.48 Å². The van der Waals surface area contributed by atoms with Gasteiger partial charge in [-0.1, -0.05) is 51.9 Å². The normalized spacial score (nSPS) is 12.7. The number of rotatable bonds is 14. The topological polar surface area (TPSA) is 49.7 Å². The van der Waals surface area contributed by atoms with Crippen LogP contribution in [-0.2, 0) is 11.2 Å². The lowest BCUT2D eigenvalue weighted by atomic mass is 10.0. The minimum Gasteiger partial charge on any atom is -0.346 e. The molecule has 1 atom stereocenters. The molecule has 6 heteroatoms. The second-order valence-corrected chi connectivity index (χ2v) is 6.74. The van der Waals surface area contributed by atoms with E-state index in [9.17, 15) is 13.2 Å². The van der Waals surface area contributed by atoms with Gasteiger partial charge in [-0.15, -0.1) is 0 Å². The summed E-state index contributed by atoms with van der Waals surface area (Å²) < 4.78 is 44.8. The van der Waals surface area contributed by atoms with Crippen LogP contribution in [0.25, 0.3) is 0 Å². The smallest absolute Gasteiger partial charge is 0.266 e. The van der Waals surface area contributed by atoms with Crippen molar-refractivity contribution in [2.24, 2.45) is 0 Å². The largest absolute Gasteiger partial charge is 0.346 e. The van der Waals surface area contributed by atoms with Gasteiger partial charge in [0.2, 0.25) is 0 Å². The molecule has 1 aromatic carbocycles. The molecule has 0 amide bonds. The second kappa shape index (κ2) is 13.1. The van der Waals surface area contributed by atoms with Crippen molar-refractivity contribution in [2.75, 3.05) is 0 Å². The van der Waals surface area contributed by atoms with E-state index in [2.05, 4.69) is 6.92 Å². The van der Waals surface area contributed by atoms with Crippen molar-refractivity contribution in [2.45, 2.75) is 90.1 Å². The predicted octanol–water partition coefficient (Wildman–Crippen LogP) is 5.22. The molecule has 0 aromatic heterocycles. The highest BCUT2D eigenvalue weighted by atomic mass is 19.2. The number of aliphatic hydroxyl groups is 2. The van der Waals surface area contributed by atoms with E-state index in [1.807, 2.05) is 0 Å². The van der Waals surface area contributed by atoms with Crippen LogP contribution < -0.4 is 0 Å². The number of halogens is 3. The maximum atomic E-state index is 13.6. The Hall–Kier alpha value is -1.11. The van der Waals surface area contributed by atoms with E-state index < -0.39 is 23.9 Å². The van der Waals surface area contributed by atoms with E-state index in [1.54, 1.807) is 0 Å². The van der Waals surface area contributed by atoms with Crippen molar-refractivity contribution in [3.05, 3.63) is 35.1 Å². The van der Waals surface area contributed by atoms with E-state index in [1.165, 1.54) is 25.7 Å². The number of ether oxygens (including phenoxy) is 1. The van der Waals surface area contributed by atoms with Crippen molar-refractivity contribution in [3.63, 3.8) is 0 Å². The summed E-state index contributed by atoms with van der Waals surface area (Å²) in [6.45, 7) is 0.332. The molecule has 0 bridgehead atoms. The molecule has 0 aliphatic carbocycles. The summed E-state index contributed by atoms with van der Waals surface area (Å²) >= 11 is 0. The van der Waals surface area contributed by atoms with Crippen molar-refractivity contribution >= 4 is 0 Å². The zero-order valence-electron chi connectivity index (χ0n) is 15.5. The molecule has 0 radical (unpaired) electrons. The van der Waals surface area contributed by atoms with Gasteiger partial charge in [0, 0.05) is 6.07 Å². The van der Waals surface area contributed by atoms with E-state index in [0.29, 0.717) is 25.3 Å². The Balaban J connectivity index is 2.34. The molecule has 150 valence electrons. The van der Waals surface area contributed by atoms with Gasteiger partial charge in [-0.25, -0.2) is 13.2 Å². The van der Waals surface area contributed by atoms with Crippen LogP contribution in [0.2, 0.25) is 0 Å². The lowest BCUT2D eigenvalue weighted by Gasteiger charge is -2.19. The maximum absolute atomic E-state index is 13.6. The Kier molecular flexibility index (Phi) is 11.6. The molecule has 1 rings (SSSR count). The molecule has 1 unspecified atom stereocenters. The SMILES string of the molecule is CCCCCCCCCC(CCCc1cc(F)c(F)cc1F)OC(O)O. The first-order valence-electron chi connectivity index (χ1n) is 9.59. The van der Waals surface area contributed by atoms with Gasteiger partial charge >= 0.3 is 0 Å². The summed E-state index contributed by atoms with van der Waals surface area (Å²) in [5.41, 5.74) is 0.114. The number of aliphatic hydroxyl groups excluding tert-OH is 1. The minimum absolute atomic E-state index is 0.114. The van der Waals surface area contributed by atoms with E-state index >= 15 is 0 Å². The predicted molar refractivity (Wildman–Crippen MR) is 95.0 cm³/mol. The molecule has 0 fully saturated rings. The molecule has 0 aliphatic rings. The third kappa shape index (κ3) is 9.55. The average Bonchev–Trinajstić information content (AvgIpc) is 2.57. The van der Waals surface area contributed by atoms with Gasteiger partial charge in [-0.3, -0.25) is 0 Å². The van der Waals surface area contributed by atoms with Crippen molar-refractivity contribution < 1.29 is 28.1 Å². The molecule has 2 N–H and O–H groups in total. The summed E-state index contributed by atoms with van der Waals surface area (Å²) in [6, 6.07) is 1.42. The number of unbranched alkanes of at least 4 members (excludes halogenated alkanes) is 6. The molecular weight excluding hydrogens is 345 g/mol. The van der Waals surface area contributed by atoms with Gasteiger partial charge in [0.05, 0.1) is 6.10 Å². The fraction of sp³-hybridized carbons (Fsp3) is 0.700. The third-order valence-corrected chi connectivity index (χ3v) is 4.51. The molecule has 26 heavy (non-hydrogen) atoms. The summed E-state index contributed by atoms with van der Waals surface area (Å²) in [5, 5.41) is 18.1. The monoisotopic (exact) mass is 376 g/mol. The maximum Gasteiger partial charge on any atom is 0.266 e. The number of benzene rings is 1. The van der Waals surface area contributed by atoms with E-state index in [0.717, 1.165) is 25.3 Å². The fourth-order valence-corrected chi connectivity index (χ4v) is 3.06. The van der Waals surface area contributed by atoms with E-state index in [-0.39, 0.29) is 18.1 Å². The van der Waals surface area contributed by atoms with Gasteiger partial charge in [0.1, 0.15) is 5.82 Å². The first kappa shape index (κ1) is 22.9. The first-order valence-corrected chi connectivity index (χ1v) is 9.59. The van der Waals surface area contributed by atoms with Crippen LogP contribution >= 0.6 is 0 Å². The summed E-state index contributed by atoms with van der Waals surface area (Å²) in [6.07, 6.45) is 9.59. The lowest BCUT2D eigenvalue weighted by Crippen LogP contribution is -2.21. The van der Waals surface area contributed by atoms with Crippen LogP contribution in [0.1, 0.15) is 76.7 Å². The van der Waals surface area contributed by atoms with Gasteiger partial charge < -0.3 is 14.9 Å². The standard InChI is InChI=1S/C20H31F3O3/c1-2-3-4-5-6-7-8-11-16(26-20(24)25)12-9-10-15-13-18(22)19(23)14-17(15)21/h13-14,16,20,24-25H,2-12H2,1H3. The Morgan fingerprint density at radius 1 is 0.808 bits per heavy atom. The van der Waals surface area contributed by atoms with Crippen molar-refractivity contribution in [1.29, 1.82) is 0 Å². The first-order chi connectivity index (χ1) is 12.4. The molecule has 0 spiro atoms. The highest BCUT2D eigenvalue weighted by Gasteiger charge is 2.14. The minimum atomic E-state index is -1.84. The van der Waals surface area contributed by atoms with Crippen molar-refractivity contribution in [3.8, 4) is 0 Å². The quantitative estimate of drug-likeness (QED) is 0.266. The number of aryl methyl sites for hydroxylation is 1. The van der Waals surface area contributed by atoms with Crippen LogP contribution in [0.4, 0.5) is 13.2 Å². The molecular formula is C20H31F3O3. The summed E-state index contributed by atoms with van der Waals surface area (Å²) in [4.78, 5) is 0. The van der Waals surface area contributed by atoms with Gasteiger partial charge in [-0.2, -0.15) is 0 Å². The molecule has 0 aliphatic heterocycles. The van der Waals surface area contributed by atoms with Crippen LogP contribution in [0.3, 0.4) is 0 Å². The van der Waals surface area contributed by atoms with Crippen LogP contribution in [0.5, 0.6) is 0 Å². The molecule has 1 aromatic rings. The zero-order valence-corrected chi connectivity index (χ0v) is 15.5. The van der Waals surface area contributed by atoms with E-state index in [4.69, 9.17) is 14.9 Å². The Morgan fingerprint density at radius 2 is 1.38 bits per heavy atom. The summed E-state index contributed by atoms with van der Waals surface area (Å²) in [7, 11) is 0. The second-order valence-electron chi connectivity index (χ2n) is 6.74. The van der Waals surface area contributed by atoms with Crippen LogP contribution in [0.15, 0.2) is 12.1 Å². The summed E-state index contributed by atoms with van der Waals surface area (Å²) in [5.74, 6) is -3.03. The number of hydrogen-bond acceptors (Lipinski definition) is 3. The molecule has 3 nitrogen and oxygen atoms in total. The molecule has 0 heterocycles. The molecule has 0 saturated carbocycles. The van der Waals surface area contributed by atoms with Crippen molar-refractivity contribution in [1.82, 2.24) is 0 Å². The Bertz CT molecular complexity index is 509. The highest BCUT2D eigenvalue weighted by Crippen LogP contribution is 2.19. The zero-order chi connectivity index (χ0) is 19.4. The molecule has 0 saturated heterocycles. The van der Waals surface area contributed by atoms with Gasteiger partial charge in [-0.05, 0) is 37.3 Å².